The lowest BCUT2D eigenvalue weighted by Crippen LogP contribution is -2.06. The van der Waals surface area contributed by atoms with E-state index in [9.17, 15) is 0 Å². The fourth-order valence-corrected chi connectivity index (χ4v) is 7.13. The molecule has 0 spiro atoms. The van der Waals surface area contributed by atoms with Crippen molar-refractivity contribution in [2.45, 2.75) is 20.3 Å². The first-order valence-corrected chi connectivity index (χ1v) is 15.5. The van der Waals surface area contributed by atoms with Gasteiger partial charge in [-0.1, -0.05) is 103 Å². The second-order valence-corrected chi connectivity index (χ2v) is 11.9. The van der Waals surface area contributed by atoms with Gasteiger partial charge in [0.25, 0.3) is 0 Å². The van der Waals surface area contributed by atoms with Gasteiger partial charge in [0.05, 0.1) is 17.0 Å². The largest absolute Gasteiger partial charge is 0.456 e. The number of para-hydroxylation sites is 1. The van der Waals surface area contributed by atoms with Crippen molar-refractivity contribution < 1.29 is 4.42 Å². The molecule has 1 aliphatic rings. The highest BCUT2D eigenvalue weighted by atomic mass is 16.3. The summed E-state index contributed by atoms with van der Waals surface area (Å²) in [6.07, 6.45) is 0.790. The van der Waals surface area contributed by atoms with Gasteiger partial charge in [-0.3, -0.25) is 4.98 Å². The van der Waals surface area contributed by atoms with Crippen LogP contribution in [0, 0.1) is 13.8 Å². The number of rotatable bonds is 4. The van der Waals surface area contributed by atoms with E-state index in [1.165, 1.54) is 22.3 Å². The van der Waals surface area contributed by atoms with Gasteiger partial charge in [-0.05, 0) is 70.6 Å². The molecule has 0 unspecified atom stereocenters. The third-order valence-corrected chi connectivity index (χ3v) is 9.38. The van der Waals surface area contributed by atoms with Crippen LogP contribution in [0.2, 0.25) is 0 Å². The SMILES string of the molecule is Cc1c(-c2c(-c3ccccc3)nnnc2-c2c(-c3ccccc3)ccc3oc4ccccc4c23)nc2c(c1C)-c1ccccc1C2. The van der Waals surface area contributed by atoms with Crippen LogP contribution in [-0.4, -0.2) is 20.4 Å². The van der Waals surface area contributed by atoms with E-state index in [1.807, 2.05) is 36.4 Å². The van der Waals surface area contributed by atoms with Gasteiger partial charge in [0.1, 0.15) is 22.6 Å². The van der Waals surface area contributed by atoms with Crippen molar-refractivity contribution in [2.24, 2.45) is 0 Å². The Bertz CT molecular complexity index is 2460. The van der Waals surface area contributed by atoms with Gasteiger partial charge >= 0.3 is 0 Å². The molecule has 0 radical (unpaired) electrons. The zero-order valence-corrected chi connectivity index (χ0v) is 25.5. The summed E-state index contributed by atoms with van der Waals surface area (Å²) in [5, 5.41) is 16.1. The molecule has 3 heterocycles. The third kappa shape index (κ3) is 3.95. The van der Waals surface area contributed by atoms with E-state index in [4.69, 9.17) is 19.6 Å². The van der Waals surface area contributed by atoms with Crippen molar-refractivity contribution in [1.82, 2.24) is 20.4 Å². The molecule has 0 fully saturated rings. The van der Waals surface area contributed by atoms with Crippen molar-refractivity contribution >= 4 is 21.9 Å². The van der Waals surface area contributed by atoms with Crippen molar-refractivity contribution in [2.75, 3.05) is 0 Å². The van der Waals surface area contributed by atoms with Gasteiger partial charge in [-0.25, -0.2) is 0 Å². The van der Waals surface area contributed by atoms with E-state index < -0.39 is 0 Å². The molecule has 0 bridgehead atoms. The highest BCUT2D eigenvalue weighted by Gasteiger charge is 2.30. The summed E-state index contributed by atoms with van der Waals surface area (Å²) in [4.78, 5) is 5.47. The Balaban J connectivity index is 1.43. The molecule has 5 nitrogen and oxygen atoms in total. The van der Waals surface area contributed by atoms with Gasteiger partial charge in [-0.15, -0.1) is 10.2 Å². The highest BCUT2D eigenvalue weighted by Crippen LogP contribution is 2.48. The molecule has 0 saturated carbocycles. The summed E-state index contributed by atoms with van der Waals surface area (Å²) >= 11 is 0. The minimum Gasteiger partial charge on any atom is -0.456 e. The number of hydrogen-bond donors (Lipinski definition) is 0. The zero-order valence-electron chi connectivity index (χ0n) is 25.5. The number of hydrogen-bond acceptors (Lipinski definition) is 5. The van der Waals surface area contributed by atoms with E-state index in [-0.39, 0.29) is 0 Å². The predicted octanol–water partition coefficient (Wildman–Crippen LogP) is 10.0. The molecule has 3 aromatic heterocycles. The molecule has 8 aromatic rings. The van der Waals surface area contributed by atoms with Gasteiger partial charge < -0.3 is 4.42 Å². The lowest BCUT2D eigenvalue weighted by Gasteiger charge is -2.19. The fraction of sp³-hybridized carbons (Fsp3) is 0.0732. The summed E-state index contributed by atoms with van der Waals surface area (Å²) in [7, 11) is 0. The molecule has 0 N–H and O–H groups in total. The van der Waals surface area contributed by atoms with E-state index in [1.54, 1.807) is 0 Å². The maximum atomic E-state index is 6.43. The Morgan fingerprint density at radius 2 is 1.22 bits per heavy atom. The lowest BCUT2D eigenvalue weighted by molar-refractivity contribution is 0.669. The van der Waals surface area contributed by atoms with Gasteiger partial charge in [-0.2, -0.15) is 0 Å². The molecule has 0 atom stereocenters. The van der Waals surface area contributed by atoms with Crippen LogP contribution in [0.1, 0.15) is 22.4 Å². The van der Waals surface area contributed by atoms with E-state index in [0.29, 0.717) is 0 Å². The summed E-state index contributed by atoms with van der Waals surface area (Å²) in [6, 6.07) is 41.7. The minimum atomic E-state index is 0.732. The van der Waals surface area contributed by atoms with Crippen LogP contribution >= 0.6 is 0 Å². The first-order chi connectivity index (χ1) is 22.7. The minimum absolute atomic E-state index is 0.732. The average molecular weight is 593 g/mol. The molecule has 1 aliphatic carbocycles. The first kappa shape index (κ1) is 26.5. The Kier molecular flexibility index (Phi) is 5.93. The molecule has 218 valence electrons. The second kappa shape index (κ2) is 10.3. The smallest absolute Gasteiger partial charge is 0.136 e. The predicted molar refractivity (Wildman–Crippen MR) is 184 cm³/mol. The molecule has 0 amide bonds. The maximum Gasteiger partial charge on any atom is 0.136 e. The van der Waals surface area contributed by atoms with Gasteiger partial charge in [0, 0.05) is 33.9 Å². The molecular formula is C41H28N4O. The van der Waals surface area contributed by atoms with Crippen LogP contribution in [0.4, 0.5) is 0 Å². The number of nitrogens with zero attached hydrogens (tertiary/aromatic N) is 4. The Hall–Kier alpha value is -5.94. The third-order valence-electron chi connectivity index (χ3n) is 9.38. The fourth-order valence-electron chi connectivity index (χ4n) is 7.13. The molecule has 46 heavy (non-hydrogen) atoms. The van der Waals surface area contributed by atoms with Gasteiger partial charge in [0.2, 0.25) is 0 Å². The molecule has 5 aromatic carbocycles. The highest BCUT2D eigenvalue weighted by molar-refractivity contribution is 6.17. The van der Waals surface area contributed by atoms with E-state index >= 15 is 0 Å². The summed E-state index contributed by atoms with van der Waals surface area (Å²) < 4.78 is 6.43. The molecule has 5 heteroatoms. The Morgan fingerprint density at radius 3 is 2.04 bits per heavy atom. The second-order valence-electron chi connectivity index (χ2n) is 11.9. The quantitative estimate of drug-likeness (QED) is 0.203. The normalized spacial score (nSPS) is 12.0. The monoisotopic (exact) mass is 592 g/mol. The van der Waals surface area contributed by atoms with Crippen LogP contribution in [-0.2, 0) is 6.42 Å². The molecule has 0 aliphatic heterocycles. The van der Waals surface area contributed by atoms with Crippen LogP contribution in [0.5, 0.6) is 0 Å². The topological polar surface area (TPSA) is 64.7 Å². The number of aromatic nitrogens is 4. The van der Waals surface area contributed by atoms with Crippen molar-refractivity contribution in [1.29, 1.82) is 0 Å². The Labute approximate surface area is 266 Å². The van der Waals surface area contributed by atoms with Crippen LogP contribution in [0.15, 0.2) is 126 Å². The summed E-state index contributed by atoms with van der Waals surface area (Å²) in [5.74, 6) is 0. The summed E-state index contributed by atoms with van der Waals surface area (Å²) in [5.41, 5.74) is 16.1. The number of pyridine rings is 1. The number of benzene rings is 5. The van der Waals surface area contributed by atoms with Crippen molar-refractivity contribution in [3.63, 3.8) is 0 Å². The zero-order chi connectivity index (χ0) is 30.8. The van der Waals surface area contributed by atoms with Crippen molar-refractivity contribution in [3.05, 3.63) is 144 Å². The average Bonchev–Trinajstić information content (AvgIpc) is 3.68. The van der Waals surface area contributed by atoms with Crippen LogP contribution < -0.4 is 0 Å². The molecule has 9 rings (SSSR count). The molecule has 0 saturated heterocycles. The first-order valence-electron chi connectivity index (χ1n) is 15.5. The van der Waals surface area contributed by atoms with Crippen LogP contribution in [0.25, 0.3) is 78.0 Å². The lowest BCUT2D eigenvalue weighted by atomic mass is 9.87. The van der Waals surface area contributed by atoms with Gasteiger partial charge in [0.15, 0.2) is 0 Å². The van der Waals surface area contributed by atoms with Crippen molar-refractivity contribution in [3.8, 4) is 56.0 Å². The van der Waals surface area contributed by atoms with Crippen LogP contribution in [0.3, 0.4) is 0 Å². The Morgan fingerprint density at radius 1 is 0.522 bits per heavy atom. The molecular weight excluding hydrogens is 564 g/mol. The maximum absolute atomic E-state index is 6.43. The number of furan rings is 1. The number of fused-ring (bicyclic) bond motifs is 6. The van der Waals surface area contributed by atoms with E-state index in [2.05, 4.69) is 104 Å². The van der Waals surface area contributed by atoms with E-state index in [0.717, 1.165) is 84.5 Å². The summed E-state index contributed by atoms with van der Waals surface area (Å²) in [6.45, 7) is 4.38. The standard InChI is InChI=1S/C41H28N4O/c1-24-25(2)39(42-32-23-28-17-9-10-18-29(28)35(24)32)38-40(27-15-7-4-8-16-27)43-45-44-41(38)37-30(26-13-5-3-6-14-26)21-22-34-36(37)31-19-11-12-20-33(31)46-34/h3-22H,23H2,1-2H3.